The number of aliphatic hydroxyl groups excluding tert-OH is 1. The van der Waals surface area contributed by atoms with E-state index in [0.717, 1.165) is 16.7 Å². The number of hydrogen-bond donors (Lipinski definition) is 7. The van der Waals surface area contributed by atoms with Crippen LogP contribution in [0.2, 0.25) is 5.02 Å². The summed E-state index contributed by atoms with van der Waals surface area (Å²) < 4.78 is 4.65. The summed E-state index contributed by atoms with van der Waals surface area (Å²) in [4.78, 5) is 58.1. The number of ether oxygens (including phenoxy) is 1. The predicted octanol–water partition coefficient (Wildman–Crippen LogP) is 3.18. The Labute approximate surface area is 306 Å². The molecule has 0 unspecified atom stereocenters. The first-order chi connectivity index (χ1) is 25.1. The van der Waals surface area contributed by atoms with E-state index < -0.39 is 24.5 Å². The number of aliphatic hydroxyl groups is 1. The first kappa shape index (κ1) is 39.5. The molecule has 2 aromatic carbocycles. The van der Waals surface area contributed by atoms with Crippen molar-refractivity contribution in [2.75, 3.05) is 44.0 Å². The second-order valence-electron chi connectivity index (χ2n) is 11.7. The van der Waals surface area contributed by atoms with E-state index in [4.69, 9.17) is 17.3 Å². The zero-order chi connectivity index (χ0) is 37.5. The molecule has 0 saturated carbocycles. The van der Waals surface area contributed by atoms with Gasteiger partial charge in [-0.1, -0.05) is 48.0 Å². The molecule has 2 aromatic heterocycles. The first-order valence-electron chi connectivity index (χ1n) is 16.7. The molecule has 1 atom stereocenters. The zero-order valence-corrected chi connectivity index (χ0v) is 29.8. The SMILES string of the molecule is COC(=O)[C@H](CO)NCc1ccc(C(=O)Nc2cccc(-c3cccc(NC(=O)c4ccc(CNCCNC(=O)CCCN)cn4)c3C)c2Cl)nc1. The van der Waals surface area contributed by atoms with Crippen molar-refractivity contribution in [1.29, 1.82) is 0 Å². The Kier molecular flexibility index (Phi) is 15.2. The Balaban J connectivity index is 1.35. The van der Waals surface area contributed by atoms with Gasteiger partial charge in [0.25, 0.3) is 11.8 Å². The van der Waals surface area contributed by atoms with Gasteiger partial charge in [-0.25, -0.2) is 0 Å². The lowest BCUT2D eigenvalue weighted by Gasteiger charge is -2.16. The van der Waals surface area contributed by atoms with Crippen LogP contribution in [-0.2, 0) is 27.4 Å². The number of nitrogens with one attached hydrogen (secondary N) is 5. The van der Waals surface area contributed by atoms with E-state index >= 15 is 0 Å². The number of nitrogens with zero attached hydrogens (tertiary/aromatic N) is 2. The van der Waals surface area contributed by atoms with Gasteiger partial charge in [-0.2, -0.15) is 0 Å². The van der Waals surface area contributed by atoms with Crippen LogP contribution in [0.25, 0.3) is 11.1 Å². The smallest absolute Gasteiger partial charge is 0.325 e. The van der Waals surface area contributed by atoms with Gasteiger partial charge in [0, 0.05) is 56.2 Å². The fourth-order valence-electron chi connectivity index (χ4n) is 5.08. The minimum absolute atomic E-state index is 0.0214. The molecule has 15 heteroatoms. The summed E-state index contributed by atoms with van der Waals surface area (Å²) in [5, 5.41) is 24.4. The van der Waals surface area contributed by atoms with Gasteiger partial charge in [0.1, 0.15) is 17.4 Å². The minimum atomic E-state index is -0.877. The molecule has 0 aliphatic heterocycles. The van der Waals surface area contributed by atoms with Crippen molar-refractivity contribution in [1.82, 2.24) is 25.9 Å². The summed E-state index contributed by atoms with van der Waals surface area (Å²) in [6.07, 6.45) is 4.20. The van der Waals surface area contributed by atoms with Crippen LogP contribution in [0.1, 0.15) is 50.5 Å². The number of pyridine rings is 2. The lowest BCUT2D eigenvalue weighted by molar-refractivity contribution is -0.144. The monoisotopic (exact) mass is 730 g/mol. The third-order valence-electron chi connectivity index (χ3n) is 8.02. The number of methoxy groups -OCH3 is 1. The van der Waals surface area contributed by atoms with Gasteiger partial charge in [0.05, 0.1) is 24.4 Å². The zero-order valence-electron chi connectivity index (χ0n) is 29.0. The molecule has 0 radical (unpaired) electrons. The number of hydrogen-bond acceptors (Lipinski definition) is 11. The number of amides is 3. The summed E-state index contributed by atoms with van der Waals surface area (Å²) in [6.45, 7) is 3.77. The summed E-state index contributed by atoms with van der Waals surface area (Å²) >= 11 is 6.82. The average Bonchev–Trinajstić information content (AvgIpc) is 3.16. The fraction of sp³-hybridized carbons (Fsp3) is 0.297. The van der Waals surface area contributed by atoms with Gasteiger partial charge in [0.2, 0.25) is 5.91 Å². The highest BCUT2D eigenvalue weighted by atomic mass is 35.5. The molecule has 4 rings (SSSR count). The molecule has 3 amide bonds. The number of carbonyl (C=O) groups is 4. The molecule has 0 spiro atoms. The van der Waals surface area contributed by atoms with Crippen molar-refractivity contribution in [3.63, 3.8) is 0 Å². The van der Waals surface area contributed by atoms with E-state index in [0.29, 0.717) is 66.5 Å². The third kappa shape index (κ3) is 11.1. The average molecular weight is 731 g/mol. The maximum absolute atomic E-state index is 13.1. The second kappa shape index (κ2) is 20.0. The van der Waals surface area contributed by atoms with Crippen molar-refractivity contribution in [3.8, 4) is 11.1 Å². The summed E-state index contributed by atoms with van der Waals surface area (Å²) in [7, 11) is 1.24. The number of rotatable bonds is 18. The molecule has 0 fully saturated rings. The topological polar surface area (TPSA) is 210 Å². The van der Waals surface area contributed by atoms with Crippen molar-refractivity contribution < 1.29 is 29.0 Å². The Hall–Kier alpha value is -5.25. The van der Waals surface area contributed by atoms with Gasteiger partial charge < -0.3 is 36.8 Å². The highest BCUT2D eigenvalue weighted by Gasteiger charge is 2.19. The number of benzene rings is 2. The molecule has 0 bridgehead atoms. The molecule has 52 heavy (non-hydrogen) atoms. The summed E-state index contributed by atoms with van der Waals surface area (Å²) in [5.41, 5.74) is 10.5. The third-order valence-corrected chi connectivity index (χ3v) is 8.42. The van der Waals surface area contributed by atoms with Crippen molar-refractivity contribution in [2.24, 2.45) is 5.73 Å². The fourth-order valence-corrected chi connectivity index (χ4v) is 5.35. The summed E-state index contributed by atoms with van der Waals surface area (Å²) in [5.74, 6) is -1.46. The number of halogens is 1. The lowest BCUT2D eigenvalue weighted by atomic mass is 9.98. The molecule has 0 aliphatic carbocycles. The van der Waals surface area contributed by atoms with Gasteiger partial charge in [-0.05, 0) is 66.4 Å². The number of nitrogens with two attached hydrogens (primary N) is 1. The number of esters is 1. The Morgan fingerprint density at radius 1 is 0.846 bits per heavy atom. The van der Waals surface area contributed by atoms with E-state index in [2.05, 4.69) is 41.3 Å². The first-order valence-corrected chi connectivity index (χ1v) is 17.0. The van der Waals surface area contributed by atoms with Gasteiger partial charge in [-0.3, -0.25) is 34.5 Å². The van der Waals surface area contributed by atoms with Crippen LogP contribution in [-0.4, -0.2) is 78.2 Å². The minimum Gasteiger partial charge on any atom is -0.468 e. The number of aromatic nitrogens is 2. The Bertz CT molecular complexity index is 1840. The molecule has 8 N–H and O–H groups in total. The normalized spacial score (nSPS) is 11.4. The van der Waals surface area contributed by atoms with E-state index in [1.807, 2.05) is 25.1 Å². The van der Waals surface area contributed by atoms with E-state index in [1.165, 1.54) is 13.3 Å². The van der Waals surface area contributed by atoms with E-state index in [-0.39, 0.29) is 29.7 Å². The Morgan fingerprint density at radius 3 is 2.06 bits per heavy atom. The second-order valence-corrected chi connectivity index (χ2v) is 12.1. The molecular formula is C37H43ClN8O6. The van der Waals surface area contributed by atoms with Crippen LogP contribution in [0.5, 0.6) is 0 Å². The van der Waals surface area contributed by atoms with Crippen molar-refractivity contribution in [3.05, 3.63) is 106 Å². The van der Waals surface area contributed by atoms with Gasteiger partial charge in [-0.15, -0.1) is 0 Å². The highest BCUT2D eigenvalue weighted by molar-refractivity contribution is 6.36. The predicted molar refractivity (Wildman–Crippen MR) is 199 cm³/mol. The van der Waals surface area contributed by atoms with Gasteiger partial charge in [0.15, 0.2) is 0 Å². The highest BCUT2D eigenvalue weighted by Crippen LogP contribution is 2.37. The van der Waals surface area contributed by atoms with Crippen LogP contribution < -0.4 is 32.3 Å². The van der Waals surface area contributed by atoms with Crippen LogP contribution in [0.15, 0.2) is 73.1 Å². The van der Waals surface area contributed by atoms with Crippen LogP contribution in [0.4, 0.5) is 11.4 Å². The van der Waals surface area contributed by atoms with E-state index in [1.54, 1.807) is 48.7 Å². The maximum atomic E-state index is 13.1. The molecule has 14 nitrogen and oxygen atoms in total. The van der Waals surface area contributed by atoms with Crippen LogP contribution in [0.3, 0.4) is 0 Å². The van der Waals surface area contributed by atoms with Gasteiger partial charge >= 0.3 is 5.97 Å². The van der Waals surface area contributed by atoms with E-state index in [9.17, 15) is 24.3 Å². The molecule has 2 heterocycles. The molecule has 0 aliphatic rings. The van der Waals surface area contributed by atoms with Crippen LogP contribution in [0, 0.1) is 6.92 Å². The number of anilines is 2. The maximum Gasteiger partial charge on any atom is 0.325 e. The lowest BCUT2D eigenvalue weighted by Crippen LogP contribution is -2.40. The number of carbonyl (C=O) groups excluding carboxylic acids is 4. The molecular weight excluding hydrogens is 688 g/mol. The largest absolute Gasteiger partial charge is 0.468 e. The Morgan fingerprint density at radius 2 is 1.46 bits per heavy atom. The van der Waals surface area contributed by atoms with Crippen molar-refractivity contribution in [2.45, 2.75) is 38.9 Å². The summed E-state index contributed by atoms with van der Waals surface area (Å²) in [6, 6.07) is 16.6. The molecule has 274 valence electrons. The quantitative estimate of drug-likeness (QED) is 0.0584. The van der Waals surface area contributed by atoms with Crippen molar-refractivity contribution >= 4 is 46.7 Å². The van der Waals surface area contributed by atoms with Crippen LogP contribution >= 0.6 is 11.6 Å². The molecule has 4 aromatic rings. The standard InChI is InChI=1S/C37H43ClN8O6/c1-23-26(6-3-8-28(23)45-35(49)30-13-11-24(19-42-30)18-40-16-17-41-33(48)10-5-15-39)27-7-4-9-29(34(27)38)46-36(50)31-14-12-25(20-43-31)21-44-32(22-47)37(51)52-2/h3-4,6-9,11-14,19-20,32,40,44,47H,5,10,15-18,21-22,39H2,1-2H3,(H,41,48)(H,45,49)(H,46,50)/t32-/m0/s1. The molecule has 0 saturated heterocycles.